The molecule has 0 unspecified atom stereocenters. The molecule has 4 fully saturated rings. The Labute approximate surface area is 256 Å². The fourth-order valence-corrected chi connectivity index (χ4v) is 7.84. The van der Waals surface area contributed by atoms with E-state index in [0.29, 0.717) is 35.9 Å². The Morgan fingerprint density at radius 2 is 1.95 bits per heavy atom. The van der Waals surface area contributed by atoms with Crippen molar-refractivity contribution in [2.24, 2.45) is 11.3 Å². The number of fused-ring (bicyclic) bond motifs is 1. The predicted octanol–water partition coefficient (Wildman–Crippen LogP) is 5.28. The minimum Gasteiger partial charge on any atom is -0.381 e. The first-order valence-electron chi connectivity index (χ1n) is 15.6. The van der Waals surface area contributed by atoms with Crippen LogP contribution >= 0.6 is 11.3 Å². The lowest BCUT2D eigenvalue weighted by Crippen LogP contribution is -2.73. The molecular weight excluding hydrogens is 558 g/mol. The Morgan fingerprint density at radius 3 is 2.63 bits per heavy atom. The molecule has 43 heavy (non-hydrogen) atoms. The molecule has 4 aliphatic rings. The first kappa shape index (κ1) is 25.5. The first-order valence-corrected chi connectivity index (χ1v) is 15.9. The van der Waals surface area contributed by atoms with Gasteiger partial charge in [-0.05, 0) is 44.7 Å². The van der Waals surface area contributed by atoms with Crippen LogP contribution in [0.15, 0.2) is 36.5 Å². The molecule has 0 N–H and O–H groups in total. The zero-order valence-corrected chi connectivity index (χ0v) is 25.6. The van der Waals surface area contributed by atoms with Gasteiger partial charge in [-0.25, -0.2) is 9.50 Å². The van der Waals surface area contributed by atoms with Gasteiger partial charge in [0.25, 0.3) is 0 Å². The Kier molecular flexibility index (Phi) is 5.82. The van der Waals surface area contributed by atoms with E-state index in [1.807, 2.05) is 50.1 Å². The van der Waals surface area contributed by atoms with E-state index in [1.54, 1.807) is 4.52 Å². The summed E-state index contributed by atoms with van der Waals surface area (Å²) in [5.74, 6) is 0.620. The maximum atomic E-state index is 12.8. The maximum Gasteiger partial charge on any atom is 0.228 e. The quantitative estimate of drug-likeness (QED) is 0.300. The SMILES string of the molecule is [2H]c1c(C)c(N2CC3(CN(C(=O)[C@@H]4CCOC4)C3)C2)cc2c(N(C)c3nc(-c4ccc(C)cc4)c(C#N)s3)c(C3CC3)nn12. The van der Waals surface area contributed by atoms with Gasteiger partial charge in [-0.2, -0.15) is 10.4 Å². The number of rotatable bonds is 6. The van der Waals surface area contributed by atoms with Crippen LogP contribution in [0.3, 0.4) is 0 Å². The Hall–Kier alpha value is -3.94. The molecule has 3 aliphatic heterocycles. The normalized spacial score (nSPS) is 21.1. The number of carbonyl (C=O) groups is 1. The van der Waals surface area contributed by atoms with Crippen molar-refractivity contribution in [1.29, 1.82) is 5.26 Å². The molecule has 220 valence electrons. The van der Waals surface area contributed by atoms with Crippen LogP contribution in [0.2, 0.25) is 0 Å². The van der Waals surface area contributed by atoms with Gasteiger partial charge in [0.1, 0.15) is 16.6 Å². The van der Waals surface area contributed by atoms with Crippen molar-refractivity contribution >= 4 is 39.3 Å². The molecule has 3 saturated heterocycles. The third-order valence-corrected chi connectivity index (χ3v) is 10.6. The van der Waals surface area contributed by atoms with Crippen LogP contribution in [0.25, 0.3) is 16.8 Å². The molecule has 1 saturated carbocycles. The van der Waals surface area contributed by atoms with Crippen molar-refractivity contribution in [2.45, 2.75) is 39.0 Å². The molecule has 9 nitrogen and oxygen atoms in total. The van der Waals surface area contributed by atoms with Gasteiger partial charge in [0.2, 0.25) is 5.91 Å². The number of hydrogen-bond acceptors (Lipinski definition) is 8. The van der Waals surface area contributed by atoms with Gasteiger partial charge in [-0.1, -0.05) is 41.2 Å². The van der Waals surface area contributed by atoms with E-state index in [9.17, 15) is 10.1 Å². The predicted molar refractivity (Wildman–Crippen MR) is 167 cm³/mol. The molecule has 1 aliphatic carbocycles. The molecule has 3 aromatic heterocycles. The van der Waals surface area contributed by atoms with Crippen molar-refractivity contribution in [2.75, 3.05) is 56.2 Å². The fraction of sp³-hybridized carbons (Fsp3) is 0.455. The largest absolute Gasteiger partial charge is 0.381 e. The first-order chi connectivity index (χ1) is 21.2. The number of likely N-dealkylation sites (tertiary alicyclic amines) is 1. The number of anilines is 3. The number of aryl methyl sites for hydroxylation is 1. The van der Waals surface area contributed by atoms with Crippen molar-refractivity contribution in [3.05, 3.63) is 58.2 Å². The Bertz CT molecular complexity index is 1830. The number of benzene rings is 1. The van der Waals surface area contributed by atoms with Gasteiger partial charge in [-0.3, -0.25) is 4.79 Å². The van der Waals surface area contributed by atoms with E-state index in [-0.39, 0.29) is 17.2 Å². The molecule has 0 bridgehead atoms. The Balaban J connectivity index is 1.11. The number of carbonyl (C=O) groups excluding carboxylic acids is 1. The number of nitriles is 1. The molecule has 1 aromatic carbocycles. The van der Waals surface area contributed by atoms with Gasteiger partial charge >= 0.3 is 0 Å². The second-order valence-electron chi connectivity index (χ2n) is 12.9. The van der Waals surface area contributed by atoms with E-state index in [0.717, 1.165) is 89.8 Å². The number of thiazole rings is 1. The van der Waals surface area contributed by atoms with Crippen LogP contribution in [0, 0.1) is 36.5 Å². The van der Waals surface area contributed by atoms with Gasteiger partial charge in [0.05, 0.1) is 30.8 Å². The summed E-state index contributed by atoms with van der Waals surface area (Å²) in [4.78, 5) is 24.8. The van der Waals surface area contributed by atoms with Crippen LogP contribution in [0.1, 0.15) is 48.2 Å². The number of hydrogen-bond donors (Lipinski definition) is 0. The standard InChI is InChI=1S/C33H35N7O2S/c1-20-4-6-22(7-5-20)28-27(13-34)43-32(35-28)37(3)30-26-12-25(21(2)14-40(26)36-29(30)23-8-9-23)38-16-33(17-38)18-39(19-33)31(41)24-10-11-42-15-24/h4-7,12,14,23-24H,8-11,15-19H2,1-3H3/t24-/m1/s1/i14D. The van der Waals surface area contributed by atoms with E-state index >= 15 is 0 Å². The van der Waals surface area contributed by atoms with Crippen molar-refractivity contribution in [1.82, 2.24) is 19.5 Å². The van der Waals surface area contributed by atoms with Crippen LogP contribution < -0.4 is 9.80 Å². The van der Waals surface area contributed by atoms with Gasteiger partial charge in [0, 0.05) is 68.6 Å². The summed E-state index contributed by atoms with van der Waals surface area (Å²) in [5.41, 5.74) is 7.72. The number of aromatic nitrogens is 3. The lowest BCUT2D eigenvalue weighted by Gasteiger charge is -2.61. The molecule has 1 spiro atoms. The zero-order chi connectivity index (χ0) is 30.3. The van der Waals surface area contributed by atoms with Crippen LogP contribution in [-0.2, 0) is 9.53 Å². The minimum atomic E-state index is 0.0204. The monoisotopic (exact) mass is 594 g/mol. The maximum absolute atomic E-state index is 12.8. The highest BCUT2D eigenvalue weighted by Gasteiger charge is 2.54. The second-order valence-corrected chi connectivity index (χ2v) is 13.9. The summed E-state index contributed by atoms with van der Waals surface area (Å²) in [5, 5.41) is 15.7. The fourth-order valence-electron chi connectivity index (χ4n) is 6.98. The van der Waals surface area contributed by atoms with Gasteiger partial charge < -0.3 is 19.4 Å². The highest BCUT2D eigenvalue weighted by molar-refractivity contribution is 7.16. The lowest BCUT2D eigenvalue weighted by molar-refractivity contribution is -0.149. The molecule has 1 amide bonds. The lowest BCUT2D eigenvalue weighted by atomic mass is 9.72. The zero-order valence-electron chi connectivity index (χ0n) is 25.8. The van der Waals surface area contributed by atoms with E-state index in [4.69, 9.17) is 16.2 Å². The average Bonchev–Trinajstić information content (AvgIpc) is 3.36. The average molecular weight is 595 g/mol. The van der Waals surface area contributed by atoms with E-state index in [1.165, 1.54) is 11.3 Å². The molecule has 10 heteroatoms. The summed E-state index contributed by atoms with van der Waals surface area (Å²) in [6.07, 6.45) is 3.38. The van der Waals surface area contributed by atoms with Crippen LogP contribution in [-0.4, -0.2) is 71.8 Å². The van der Waals surface area contributed by atoms with E-state index in [2.05, 4.69) is 21.9 Å². The molecule has 1 atom stereocenters. The highest BCUT2D eigenvalue weighted by atomic mass is 32.1. The number of ether oxygens (including phenoxy) is 1. The Morgan fingerprint density at radius 1 is 1.19 bits per heavy atom. The molecule has 6 heterocycles. The van der Waals surface area contributed by atoms with Gasteiger partial charge in [0.15, 0.2) is 5.13 Å². The smallest absolute Gasteiger partial charge is 0.228 e. The molecule has 8 rings (SSSR count). The van der Waals surface area contributed by atoms with Crippen molar-refractivity contribution in [3.8, 4) is 17.3 Å². The van der Waals surface area contributed by atoms with Crippen LogP contribution in [0.5, 0.6) is 0 Å². The van der Waals surface area contributed by atoms with E-state index < -0.39 is 0 Å². The van der Waals surface area contributed by atoms with Crippen molar-refractivity contribution < 1.29 is 10.9 Å². The minimum absolute atomic E-state index is 0.0204. The van der Waals surface area contributed by atoms with Crippen molar-refractivity contribution in [3.63, 3.8) is 0 Å². The topological polar surface area (TPSA) is 90.0 Å². The number of amides is 1. The molecule has 0 radical (unpaired) electrons. The molecular formula is C33H35N7O2S. The molecule has 4 aromatic rings. The third kappa shape index (κ3) is 4.40. The number of pyridine rings is 1. The summed E-state index contributed by atoms with van der Waals surface area (Å²) in [6, 6.07) is 12.7. The van der Waals surface area contributed by atoms with Crippen LogP contribution in [0.4, 0.5) is 16.5 Å². The second kappa shape index (κ2) is 9.79. The summed E-state index contributed by atoms with van der Waals surface area (Å²) in [6.45, 7) is 8.65. The highest BCUT2D eigenvalue weighted by Crippen LogP contribution is 2.49. The third-order valence-electron chi connectivity index (χ3n) is 9.52. The summed E-state index contributed by atoms with van der Waals surface area (Å²) in [7, 11) is 2.00. The van der Waals surface area contributed by atoms with Gasteiger partial charge in [-0.15, -0.1) is 0 Å². The summed E-state index contributed by atoms with van der Waals surface area (Å²) < 4.78 is 16.3. The summed E-state index contributed by atoms with van der Waals surface area (Å²) >= 11 is 1.39. The number of nitrogens with zero attached hydrogens (tertiary/aromatic N) is 7.